The standard InChI is InChI=1S/C14H18O2/c1-5-13(2,3)14(4,12(15)16)11-9-7-6-8-10-11/h5-10H,1H2,2-4H3,(H,15,16). The van der Waals surface area contributed by atoms with Crippen molar-refractivity contribution in [1.82, 2.24) is 0 Å². The fraction of sp³-hybridized carbons (Fsp3) is 0.357. The normalized spacial score (nSPS) is 15.2. The zero-order chi connectivity index (χ0) is 12.4. The maximum Gasteiger partial charge on any atom is 0.314 e. The summed E-state index contributed by atoms with van der Waals surface area (Å²) in [6, 6.07) is 9.29. The van der Waals surface area contributed by atoms with Crippen molar-refractivity contribution in [2.45, 2.75) is 26.2 Å². The SMILES string of the molecule is C=CC(C)(C)C(C)(C(=O)O)c1ccccc1. The molecule has 2 nitrogen and oxygen atoms in total. The number of allylic oxidation sites excluding steroid dienone is 1. The first-order valence-corrected chi connectivity index (χ1v) is 5.29. The predicted octanol–water partition coefficient (Wildman–Crippen LogP) is 3.24. The van der Waals surface area contributed by atoms with Gasteiger partial charge in [-0.05, 0) is 12.5 Å². The molecule has 1 aromatic rings. The molecule has 0 heterocycles. The lowest BCUT2D eigenvalue weighted by Crippen LogP contribution is -2.45. The molecule has 0 aliphatic carbocycles. The number of benzene rings is 1. The van der Waals surface area contributed by atoms with Gasteiger partial charge in [-0.2, -0.15) is 0 Å². The van der Waals surface area contributed by atoms with Crippen LogP contribution in [0.25, 0.3) is 0 Å². The number of hydrogen-bond donors (Lipinski definition) is 1. The number of carboxylic acids is 1. The lowest BCUT2D eigenvalue weighted by atomic mass is 9.63. The summed E-state index contributed by atoms with van der Waals surface area (Å²) in [5.41, 5.74) is -0.677. The van der Waals surface area contributed by atoms with Gasteiger partial charge in [-0.1, -0.05) is 50.3 Å². The number of carbonyl (C=O) groups is 1. The molecule has 1 aromatic carbocycles. The number of aliphatic carboxylic acids is 1. The lowest BCUT2D eigenvalue weighted by Gasteiger charge is -2.39. The van der Waals surface area contributed by atoms with E-state index < -0.39 is 16.8 Å². The molecule has 0 spiro atoms. The van der Waals surface area contributed by atoms with E-state index in [9.17, 15) is 9.90 Å². The molecule has 1 rings (SSSR count). The Hall–Kier alpha value is -1.57. The van der Waals surface area contributed by atoms with E-state index in [-0.39, 0.29) is 0 Å². The van der Waals surface area contributed by atoms with Gasteiger partial charge in [0.2, 0.25) is 0 Å². The van der Waals surface area contributed by atoms with Crippen LogP contribution < -0.4 is 0 Å². The topological polar surface area (TPSA) is 37.3 Å². The molecule has 1 atom stereocenters. The van der Waals surface area contributed by atoms with E-state index >= 15 is 0 Å². The van der Waals surface area contributed by atoms with Crippen LogP contribution in [0.5, 0.6) is 0 Å². The van der Waals surface area contributed by atoms with Gasteiger partial charge >= 0.3 is 5.97 Å². The molecule has 0 fully saturated rings. The molecule has 1 unspecified atom stereocenters. The molecular weight excluding hydrogens is 200 g/mol. The zero-order valence-corrected chi connectivity index (χ0v) is 10.0. The Morgan fingerprint density at radius 2 is 1.75 bits per heavy atom. The molecule has 0 aromatic heterocycles. The van der Waals surface area contributed by atoms with E-state index in [1.807, 2.05) is 44.2 Å². The summed E-state index contributed by atoms with van der Waals surface area (Å²) in [5, 5.41) is 9.50. The van der Waals surface area contributed by atoms with Crippen LogP contribution >= 0.6 is 0 Å². The average molecular weight is 218 g/mol. The first-order chi connectivity index (χ1) is 7.36. The van der Waals surface area contributed by atoms with Crippen molar-refractivity contribution in [2.24, 2.45) is 5.41 Å². The monoisotopic (exact) mass is 218 g/mol. The Morgan fingerprint density at radius 3 is 2.12 bits per heavy atom. The van der Waals surface area contributed by atoms with Crippen molar-refractivity contribution in [3.05, 3.63) is 48.6 Å². The third kappa shape index (κ3) is 1.75. The van der Waals surface area contributed by atoms with Crippen molar-refractivity contribution in [3.63, 3.8) is 0 Å². The minimum atomic E-state index is -0.962. The van der Waals surface area contributed by atoms with Crippen molar-refractivity contribution in [1.29, 1.82) is 0 Å². The Morgan fingerprint density at radius 1 is 1.25 bits per heavy atom. The second-order valence-corrected chi connectivity index (χ2v) is 4.72. The van der Waals surface area contributed by atoms with Crippen molar-refractivity contribution in [3.8, 4) is 0 Å². The molecule has 1 N–H and O–H groups in total. The molecule has 0 saturated carbocycles. The number of hydrogen-bond acceptors (Lipinski definition) is 1. The van der Waals surface area contributed by atoms with Crippen molar-refractivity contribution in [2.75, 3.05) is 0 Å². The Balaban J connectivity index is 3.40. The molecule has 0 saturated heterocycles. The average Bonchev–Trinajstić information content (AvgIpc) is 2.28. The Labute approximate surface area is 96.6 Å². The Kier molecular flexibility index (Phi) is 3.22. The molecular formula is C14H18O2. The van der Waals surface area contributed by atoms with E-state index in [1.54, 1.807) is 13.0 Å². The summed E-state index contributed by atoms with van der Waals surface area (Å²) in [5.74, 6) is -0.830. The fourth-order valence-corrected chi connectivity index (χ4v) is 1.75. The van der Waals surface area contributed by atoms with Gasteiger partial charge in [-0.15, -0.1) is 6.58 Å². The maximum absolute atomic E-state index is 11.6. The minimum Gasteiger partial charge on any atom is -0.481 e. The van der Waals surface area contributed by atoms with Gasteiger partial charge in [-0.25, -0.2) is 0 Å². The number of rotatable bonds is 4. The van der Waals surface area contributed by atoms with E-state index in [1.165, 1.54) is 0 Å². The smallest absolute Gasteiger partial charge is 0.314 e. The minimum absolute atomic E-state index is 0.514. The van der Waals surface area contributed by atoms with Crippen LogP contribution in [0, 0.1) is 5.41 Å². The summed E-state index contributed by atoms with van der Waals surface area (Å²) in [6.07, 6.45) is 1.70. The van der Waals surface area contributed by atoms with Gasteiger partial charge in [0.15, 0.2) is 0 Å². The largest absolute Gasteiger partial charge is 0.481 e. The summed E-state index contributed by atoms with van der Waals surface area (Å²) in [6.45, 7) is 9.27. The first-order valence-electron chi connectivity index (χ1n) is 5.29. The van der Waals surface area contributed by atoms with Gasteiger partial charge in [0.05, 0.1) is 5.41 Å². The highest BCUT2D eigenvalue weighted by Crippen LogP contribution is 2.42. The van der Waals surface area contributed by atoms with Gasteiger partial charge in [0.25, 0.3) is 0 Å². The quantitative estimate of drug-likeness (QED) is 0.788. The molecule has 0 bridgehead atoms. The molecule has 0 aliphatic rings. The predicted molar refractivity (Wildman–Crippen MR) is 65.4 cm³/mol. The molecule has 16 heavy (non-hydrogen) atoms. The van der Waals surface area contributed by atoms with Gasteiger partial charge in [-0.3, -0.25) is 4.79 Å². The van der Waals surface area contributed by atoms with Gasteiger partial charge < -0.3 is 5.11 Å². The molecule has 0 radical (unpaired) electrons. The van der Waals surface area contributed by atoms with E-state index in [0.29, 0.717) is 0 Å². The van der Waals surface area contributed by atoms with Crippen molar-refractivity contribution >= 4 is 5.97 Å². The van der Waals surface area contributed by atoms with Crippen LogP contribution in [0.15, 0.2) is 43.0 Å². The second kappa shape index (κ2) is 4.12. The summed E-state index contributed by atoms with van der Waals surface area (Å²) in [7, 11) is 0. The highest BCUT2D eigenvalue weighted by atomic mass is 16.4. The zero-order valence-electron chi connectivity index (χ0n) is 10.0. The van der Waals surface area contributed by atoms with Crippen molar-refractivity contribution < 1.29 is 9.90 Å². The molecule has 0 amide bonds. The summed E-state index contributed by atoms with van der Waals surface area (Å²) >= 11 is 0. The third-order valence-corrected chi connectivity index (χ3v) is 3.58. The van der Waals surface area contributed by atoms with Crippen LogP contribution in [-0.2, 0) is 10.2 Å². The second-order valence-electron chi connectivity index (χ2n) is 4.72. The van der Waals surface area contributed by atoms with E-state index in [0.717, 1.165) is 5.56 Å². The lowest BCUT2D eigenvalue weighted by molar-refractivity contribution is -0.146. The first kappa shape index (κ1) is 12.5. The Bertz CT molecular complexity index is 392. The van der Waals surface area contributed by atoms with Gasteiger partial charge in [0, 0.05) is 5.41 Å². The van der Waals surface area contributed by atoms with Crippen LogP contribution in [0.1, 0.15) is 26.3 Å². The maximum atomic E-state index is 11.6. The highest BCUT2D eigenvalue weighted by molar-refractivity contribution is 5.82. The van der Waals surface area contributed by atoms with E-state index in [4.69, 9.17) is 0 Å². The van der Waals surface area contributed by atoms with Gasteiger partial charge in [0.1, 0.15) is 0 Å². The highest BCUT2D eigenvalue weighted by Gasteiger charge is 2.46. The van der Waals surface area contributed by atoms with Crippen LogP contribution in [0.3, 0.4) is 0 Å². The van der Waals surface area contributed by atoms with E-state index in [2.05, 4.69) is 6.58 Å². The molecule has 86 valence electrons. The van der Waals surface area contributed by atoms with Crippen LogP contribution in [0.2, 0.25) is 0 Å². The summed E-state index contributed by atoms with van der Waals surface area (Å²) < 4.78 is 0. The fourth-order valence-electron chi connectivity index (χ4n) is 1.75. The van der Waals surface area contributed by atoms with Crippen LogP contribution in [-0.4, -0.2) is 11.1 Å². The summed E-state index contributed by atoms with van der Waals surface area (Å²) in [4.78, 5) is 11.6. The molecule has 2 heteroatoms. The third-order valence-electron chi connectivity index (χ3n) is 3.58. The van der Waals surface area contributed by atoms with Crippen LogP contribution in [0.4, 0.5) is 0 Å². The number of carboxylic acid groups (broad SMARTS) is 1. The molecule has 0 aliphatic heterocycles.